The van der Waals surface area contributed by atoms with Crippen molar-refractivity contribution in [3.63, 3.8) is 0 Å². The van der Waals surface area contributed by atoms with Crippen LogP contribution in [0.1, 0.15) is 36.1 Å². The Labute approximate surface area is 188 Å². The fourth-order valence-corrected chi connectivity index (χ4v) is 3.62. The monoisotopic (exact) mass is 438 g/mol. The zero-order chi connectivity index (χ0) is 23.3. The number of carbonyl (C=O) groups is 2. The topological polar surface area (TPSA) is 83.5 Å². The van der Waals surface area contributed by atoms with Crippen LogP contribution in [0.4, 0.5) is 4.79 Å². The Morgan fingerprint density at radius 3 is 2.50 bits per heavy atom. The Kier molecular flexibility index (Phi) is 7.35. The number of likely N-dealkylation sites (N-methyl/N-ethyl adjacent to an activating group) is 1. The van der Waals surface area contributed by atoms with Gasteiger partial charge >= 0.3 is 6.03 Å². The molecule has 1 atom stereocenters. The number of methoxy groups -OCH3 is 2. The minimum atomic E-state index is -0.298. The SMILES string of the molecule is CCNC(=O)N(C)CC(=O)N1N=C(c2ccc(OC)cc2OC)C[C@@H]1c1ccc(C)cc1. The first-order chi connectivity index (χ1) is 15.4. The van der Waals surface area contributed by atoms with E-state index < -0.39 is 0 Å². The van der Waals surface area contributed by atoms with Gasteiger partial charge in [0.15, 0.2) is 0 Å². The summed E-state index contributed by atoms with van der Waals surface area (Å²) in [7, 11) is 4.78. The van der Waals surface area contributed by atoms with E-state index in [4.69, 9.17) is 9.47 Å². The molecule has 1 N–H and O–H groups in total. The van der Waals surface area contributed by atoms with E-state index in [0.29, 0.717) is 24.5 Å². The summed E-state index contributed by atoms with van der Waals surface area (Å²) in [6.45, 7) is 4.27. The Bertz CT molecular complexity index is 1000. The lowest BCUT2D eigenvalue weighted by Gasteiger charge is -2.25. The van der Waals surface area contributed by atoms with Gasteiger partial charge in [-0.05, 0) is 31.5 Å². The van der Waals surface area contributed by atoms with Gasteiger partial charge in [-0.15, -0.1) is 0 Å². The summed E-state index contributed by atoms with van der Waals surface area (Å²) >= 11 is 0. The van der Waals surface area contributed by atoms with E-state index in [9.17, 15) is 9.59 Å². The highest BCUT2D eigenvalue weighted by molar-refractivity contribution is 6.05. The van der Waals surface area contributed by atoms with E-state index >= 15 is 0 Å². The van der Waals surface area contributed by atoms with Crippen molar-refractivity contribution in [3.05, 3.63) is 59.2 Å². The van der Waals surface area contributed by atoms with E-state index in [2.05, 4.69) is 10.4 Å². The maximum absolute atomic E-state index is 13.2. The molecule has 170 valence electrons. The molecule has 1 aliphatic rings. The Morgan fingerprint density at radius 2 is 1.88 bits per heavy atom. The van der Waals surface area contributed by atoms with Crippen molar-refractivity contribution < 1.29 is 19.1 Å². The number of aryl methyl sites for hydroxylation is 1. The normalized spacial score (nSPS) is 15.2. The van der Waals surface area contributed by atoms with Crippen molar-refractivity contribution in [1.82, 2.24) is 15.2 Å². The van der Waals surface area contributed by atoms with Crippen LogP contribution in [0.15, 0.2) is 47.6 Å². The summed E-state index contributed by atoms with van der Waals surface area (Å²) in [6.07, 6.45) is 0.530. The number of rotatable bonds is 7. The van der Waals surface area contributed by atoms with Gasteiger partial charge in [-0.1, -0.05) is 29.8 Å². The zero-order valence-electron chi connectivity index (χ0n) is 19.2. The molecule has 1 aliphatic heterocycles. The van der Waals surface area contributed by atoms with Crippen molar-refractivity contribution in [2.45, 2.75) is 26.3 Å². The number of amides is 3. The van der Waals surface area contributed by atoms with E-state index in [-0.39, 0.29) is 24.5 Å². The summed E-state index contributed by atoms with van der Waals surface area (Å²) in [4.78, 5) is 26.6. The first-order valence-electron chi connectivity index (χ1n) is 10.5. The van der Waals surface area contributed by atoms with Gasteiger partial charge < -0.3 is 19.7 Å². The molecule has 0 aliphatic carbocycles. The molecule has 0 aromatic heterocycles. The summed E-state index contributed by atoms with van der Waals surface area (Å²) < 4.78 is 10.8. The summed E-state index contributed by atoms with van der Waals surface area (Å²) in [5.74, 6) is 1.04. The number of hydrogen-bond acceptors (Lipinski definition) is 5. The quantitative estimate of drug-likeness (QED) is 0.719. The molecule has 0 bridgehead atoms. The second-order valence-corrected chi connectivity index (χ2v) is 7.67. The van der Waals surface area contributed by atoms with Gasteiger partial charge in [-0.3, -0.25) is 4.79 Å². The fourth-order valence-electron chi connectivity index (χ4n) is 3.62. The van der Waals surface area contributed by atoms with E-state index in [0.717, 1.165) is 22.4 Å². The number of nitrogens with one attached hydrogen (secondary N) is 1. The van der Waals surface area contributed by atoms with Crippen LogP contribution in [0.25, 0.3) is 0 Å². The Hall–Kier alpha value is -3.55. The Balaban J connectivity index is 1.94. The molecule has 0 unspecified atom stereocenters. The number of hydrazone groups is 1. The molecule has 2 aromatic rings. The second-order valence-electron chi connectivity index (χ2n) is 7.67. The zero-order valence-corrected chi connectivity index (χ0v) is 19.2. The van der Waals surface area contributed by atoms with Crippen LogP contribution in [0.3, 0.4) is 0 Å². The van der Waals surface area contributed by atoms with Crippen LogP contribution in [-0.2, 0) is 4.79 Å². The lowest BCUT2D eigenvalue weighted by Crippen LogP contribution is -2.43. The highest BCUT2D eigenvalue weighted by Gasteiger charge is 2.34. The number of urea groups is 1. The minimum Gasteiger partial charge on any atom is -0.497 e. The summed E-state index contributed by atoms with van der Waals surface area (Å²) in [6, 6.07) is 13.0. The molecule has 0 saturated carbocycles. The number of benzene rings is 2. The molecular weight excluding hydrogens is 408 g/mol. The largest absolute Gasteiger partial charge is 0.497 e. The molecule has 3 rings (SSSR count). The van der Waals surface area contributed by atoms with Crippen LogP contribution >= 0.6 is 0 Å². The molecule has 8 nitrogen and oxygen atoms in total. The van der Waals surface area contributed by atoms with Gasteiger partial charge in [0.2, 0.25) is 0 Å². The van der Waals surface area contributed by atoms with Crippen molar-refractivity contribution in [2.75, 3.05) is 34.4 Å². The van der Waals surface area contributed by atoms with Crippen LogP contribution in [0, 0.1) is 6.92 Å². The van der Waals surface area contributed by atoms with Gasteiger partial charge in [-0.25, -0.2) is 9.80 Å². The lowest BCUT2D eigenvalue weighted by molar-refractivity contribution is -0.133. The fraction of sp³-hybridized carbons (Fsp3) is 0.375. The molecule has 32 heavy (non-hydrogen) atoms. The van der Waals surface area contributed by atoms with E-state index in [1.807, 2.05) is 50.2 Å². The van der Waals surface area contributed by atoms with Gasteiger partial charge in [0, 0.05) is 31.6 Å². The number of nitrogens with zero attached hydrogens (tertiary/aromatic N) is 3. The van der Waals surface area contributed by atoms with Gasteiger partial charge in [0.25, 0.3) is 5.91 Å². The molecule has 0 spiro atoms. The summed E-state index contributed by atoms with van der Waals surface area (Å²) in [5, 5.41) is 8.87. The lowest BCUT2D eigenvalue weighted by atomic mass is 9.97. The molecule has 0 saturated heterocycles. The van der Waals surface area contributed by atoms with Gasteiger partial charge in [-0.2, -0.15) is 5.10 Å². The average Bonchev–Trinajstić information content (AvgIpc) is 3.24. The number of carbonyl (C=O) groups excluding carboxylic acids is 2. The Morgan fingerprint density at radius 1 is 1.16 bits per heavy atom. The molecule has 8 heteroatoms. The number of ether oxygens (including phenoxy) is 2. The average molecular weight is 439 g/mol. The number of hydrogen-bond donors (Lipinski definition) is 1. The maximum atomic E-state index is 13.2. The third-order valence-corrected chi connectivity index (χ3v) is 5.39. The molecule has 0 fully saturated rings. The first kappa shape index (κ1) is 23.1. The van der Waals surface area contributed by atoms with Crippen molar-refractivity contribution in [2.24, 2.45) is 5.10 Å². The highest BCUT2D eigenvalue weighted by atomic mass is 16.5. The molecule has 2 aromatic carbocycles. The second kappa shape index (κ2) is 10.2. The van der Waals surface area contributed by atoms with E-state index in [1.165, 1.54) is 9.91 Å². The maximum Gasteiger partial charge on any atom is 0.317 e. The molecule has 1 heterocycles. The first-order valence-corrected chi connectivity index (χ1v) is 10.5. The molecule has 0 radical (unpaired) electrons. The highest BCUT2D eigenvalue weighted by Crippen LogP contribution is 2.36. The van der Waals surface area contributed by atoms with Crippen molar-refractivity contribution >= 4 is 17.6 Å². The molecular formula is C24H30N4O4. The van der Waals surface area contributed by atoms with Gasteiger partial charge in [0.05, 0.1) is 26.0 Å². The van der Waals surface area contributed by atoms with Crippen molar-refractivity contribution in [1.29, 1.82) is 0 Å². The van der Waals surface area contributed by atoms with Crippen LogP contribution in [0.5, 0.6) is 11.5 Å². The van der Waals surface area contributed by atoms with Crippen LogP contribution in [-0.4, -0.2) is 61.9 Å². The predicted octanol–water partition coefficient (Wildman–Crippen LogP) is 3.35. The van der Waals surface area contributed by atoms with Gasteiger partial charge in [0.1, 0.15) is 18.0 Å². The molecule has 3 amide bonds. The standard InChI is InChI=1S/C24H30N4O4/c1-6-25-24(30)27(3)15-23(29)28-21(17-9-7-16(2)8-10-17)14-20(26-28)19-12-11-18(31-4)13-22(19)32-5/h7-13,21H,6,14-15H2,1-5H3,(H,25,30)/t21-/m1/s1. The van der Waals surface area contributed by atoms with E-state index in [1.54, 1.807) is 27.3 Å². The summed E-state index contributed by atoms with van der Waals surface area (Å²) in [5.41, 5.74) is 3.66. The van der Waals surface area contributed by atoms with Crippen molar-refractivity contribution in [3.8, 4) is 11.5 Å². The third kappa shape index (κ3) is 5.01. The predicted molar refractivity (Wildman–Crippen MR) is 123 cm³/mol. The van der Waals surface area contributed by atoms with Crippen LogP contribution < -0.4 is 14.8 Å². The minimum absolute atomic E-state index is 0.0786. The smallest absolute Gasteiger partial charge is 0.317 e. The third-order valence-electron chi connectivity index (χ3n) is 5.39. The van der Waals surface area contributed by atoms with Crippen LogP contribution in [0.2, 0.25) is 0 Å².